The zero-order chi connectivity index (χ0) is 20.5. The molecule has 0 bridgehead atoms. The predicted octanol–water partition coefficient (Wildman–Crippen LogP) is 4.33. The van der Waals surface area contributed by atoms with Crippen LogP contribution in [0, 0.1) is 0 Å². The van der Waals surface area contributed by atoms with Crippen LogP contribution in [0.3, 0.4) is 0 Å². The van der Waals surface area contributed by atoms with E-state index in [0.717, 1.165) is 42.0 Å². The van der Waals surface area contributed by atoms with Crippen molar-refractivity contribution in [3.63, 3.8) is 0 Å². The third kappa shape index (κ3) is 3.87. The number of carbonyl (C=O) groups is 1. The van der Waals surface area contributed by atoms with E-state index < -0.39 is 6.10 Å². The van der Waals surface area contributed by atoms with Gasteiger partial charge in [-0.1, -0.05) is 47.1 Å². The standard InChI is InChI=1S/C22H21ClN4O2S/c23-21-10-9-20(30-21)17-11-19(29-26-17)22(28)25-16-7-4-8-18-15(16)12-24-27(18)13-14-5-2-1-3-6-14/h1-3,5-6,9-10,12,16,19H,4,7-8,11,13H2,(H,25,28). The molecule has 0 radical (unpaired) electrons. The Kier molecular flexibility index (Phi) is 5.31. The first-order chi connectivity index (χ1) is 14.7. The molecule has 0 spiro atoms. The summed E-state index contributed by atoms with van der Waals surface area (Å²) in [5, 5.41) is 11.9. The molecule has 8 heteroatoms. The van der Waals surface area contributed by atoms with E-state index in [1.807, 2.05) is 36.5 Å². The summed E-state index contributed by atoms with van der Waals surface area (Å²) in [4.78, 5) is 19.2. The fraction of sp³-hybridized carbons (Fsp3) is 0.318. The maximum absolute atomic E-state index is 12.8. The smallest absolute Gasteiger partial charge is 0.264 e. The van der Waals surface area contributed by atoms with Crippen molar-refractivity contribution < 1.29 is 9.63 Å². The molecule has 1 aliphatic carbocycles. The molecular formula is C22H21ClN4O2S. The van der Waals surface area contributed by atoms with Gasteiger partial charge in [0.25, 0.3) is 5.91 Å². The van der Waals surface area contributed by atoms with Crippen molar-refractivity contribution in [2.24, 2.45) is 5.16 Å². The Labute approximate surface area is 183 Å². The van der Waals surface area contributed by atoms with Gasteiger partial charge in [-0.3, -0.25) is 9.48 Å². The molecule has 30 heavy (non-hydrogen) atoms. The second-order valence-corrected chi connectivity index (χ2v) is 9.30. The zero-order valence-electron chi connectivity index (χ0n) is 16.3. The third-order valence-corrected chi connectivity index (χ3v) is 6.85. The van der Waals surface area contributed by atoms with E-state index in [0.29, 0.717) is 10.8 Å². The lowest BCUT2D eigenvalue weighted by molar-refractivity contribution is -0.132. The summed E-state index contributed by atoms with van der Waals surface area (Å²) in [6.07, 6.45) is 4.63. The van der Waals surface area contributed by atoms with Gasteiger partial charge in [-0.15, -0.1) is 11.3 Å². The second kappa shape index (κ2) is 8.24. The minimum atomic E-state index is -0.606. The van der Waals surface area contributed by atoms with Crippen molar-refractivity contribution in [3.05, 3.63) is 74.7 Å². The minimum Gasteiger partial charge on any atom is -0.382 e. The zero-order valence-corrected chi connectivity index (χ0v) is 17.8. The quantitative estimate of drug-likeness (QED) is 0.641. The van der Waals surface area contributed by atoms with Crippen LogP contribution in [-0.4, -0.2) is 27.5 Å². The van der Waals surface area contributed by atoms with Crippen molar-refractivity contribution in [3.8, 4) is 0 Å². The number of amides is 1. The van der Waals surface area contributed by atoms with E-state index in [-0.39, 0.29) is 11.9 Å². The Morgan fingerprint density at radius 2 is 2.13 bits per heavy atom. The van der Waals surface area contributed by atoms with Crippen LogP contribution >= 0.6 is 22.9 Å². The number of nitrogens with one attached hydrogen (secondary N) is 1. The Morgan fingerprint density at radius 1 is 1.27 bits per heavy atom. The van der Waals surface area contributed by atoms with Crippen molar-refractivity contribution in [1.29, 1.82) is 0 Å². The van der Waals surface area contributed by atoms with Gasteiger partial charge in [-0.25, -0.2) is 0 Å². The molecule has 6 nitrogen and oxygen atoms in total. The molecule has 154 valence electrons. The summed E-state index contributed by atoms with van der Waals surface area (Å²) in [7, 11) is 0. The van der Waals surface area contributed by atoms with Crippen molar-refractivity contribution in [2.45, 2.75) is 44.4 Å². The topological polar surface area (TPSA) is 68.5 Å². The van der Waals surface area contributed by atoms with Gasteiger partial charge < -0.3 is 10.2 Å². The van der Waals surface area contributed by atoms with Crippen molar-refractivity contribution in [2.75, 3.05) is 0 Å². The predicted molar refractivity (Wildman–Crippen MR) is 117 cm³/mol. The van der Waals surface area contributed by atoms with Gasteiger partial charge >= 0.3 is 0 Å². The molecule has 0 fully saturated rings. The van der Waals surface area contributed by atoms with E-state index in [1.54, 1.807) is 0 Å². The van der Waals surface area contributed by atoms with E-state index in [1.165, 1.54) is 22.6 Å². The highest BCUT2D eigenvalue weighted by Gasteiger charge is 2.33. The number of benzene rings is 1. The molecule has 1 amide bonds. The Balaban J connectivity index is 1.25. The van der Waals surface area contributed by atoms with Crippen molar-refractivity contribution >= 4 is 34.6 Å². The molecule has 1 aliphatic heterocycles. The molecule has 2 atom stereocenters. The van der Waals surface area contributed by atoms with E-state index in [4.69, 9.17) is 16.4 Å². The molecule has 2 unspecified atom stereocenters. The summed E-state index contributed by atoms with van der Waals surface area (Å²) in [5.41, 5.74) is 4.29. The van der Waals surface area contributed by atoms with Gasteiger partial charge in [-0.05, 0) is 37.0 Å². The highest BCUT2D eigenvalue weighted by atomic mass is 35.5. The summed E-state index contributed by atoms with van der Waals surface area (Å²) < 4.78 is 2.75. The normalized spacial score (nSPS) is 20.4. The number of thiophene rings is 1. The SMILES string of the molecule is O=C(NC1CCCc2c1cnn2Cc1ccccc1)C1CC(c2ccc(Cl)s2)=NO1. The lowest BCUT2D eigenvalue weighted by Gasteiger charge is -2.25. The average Bonchev–Trinajstić information content (AvgIpc) is 3.49. The van der Waals surface area contributed by atoms with Crippen LogP contribution in [0.4, 0.5) is 0 Å². The molecule has 0 saturated heterocycles. The van der Waals surface area contributed by atoms with Crippen LogP contribution in [0.25, 0.3) is 0 Å². The van der Waals surface area contributed by atoms with Gasteiger partial charge in [0.1, 0.15) is 5.71 Å². The highest BCUT2D eigenvalue weighted by molar-refractivity contribution is 7.18. The Bertz CT molecular complexity index is 1090. The molecule has 2 aromatic heterocycles. The first-order valence-corrected chi connectivity index (χ1v) is 11.2. The first kappa shape index (κ1) is 19.3. The van der Waals surface area contributed by atoms with E-state index in [9.17, 15) is 4.79 Å². The lowest BCUT2D eigenvalue weighted by Crippen LogP contribution is -2.38. The number of carbonyl (C=O) groups excluding carboxylic acids is 1. The van der Waals surface area contributed by atoms with Crippen LogP contribution in [0.5, 0.6) is 0 Å². The number of rotatable bonds is 5. The molecule has 3 heterocycles. The second-order valence-electron chi connectivity index (χ2n) is 7.58. The maximum atomic E-state index is 12.8. The largest absolute Gasteiger partial charge is 0.382 e. The Hall–Kier alpha value is -2.64. The van der Waals surface area contributed by atoms with Gasteiger partial charge in [0.05, 0.1) is 28.0 Å². The van der Waals surface area contributed by atoms with Crippen LogP contribution < -0.4 is 5.32 Å². The van der Waals surface area contributed by atoms with E-state index in [2.05, 4.69) is 32.4 Å². The van der Waals surface area contributed by atoms with Crippen LogP contribution in [-0.2, 0) is 22.6 Å². The number of hydrogen-bond donors (Lipinski definition) is 1. The number of hydrogen-bond acceptors (Lipinski definition) is 5. The molecule has 3 aromatic rings. The minimum absolute atomic E-state index is 0.0467. The number of fused-ring (bicyclic) bond motifs is 1. The van der Waals surface area contributed by atoms with Gasteiger partial charge in [0, 0.05) is 17.7 Å². The first-order valence-electron chi connectivity index (χ1n) is 10.0. The summed E-state index contributed by atoms with van der Waals surface area (Å²) in [5.74, 6) is -0.134. The molecular weight excluding hydrogens is 420 g/mol. The fourth-order valence-corrected chi connectivity index (χ4v) is 5.09. The molecule has 0 saturated carbocycles. The van der Waals surface area contributed by atoms with Crippen LogP contribution in [0.1, 0.15) is 47.0 Å². The third-order valence-electron chi connectivity index (χ3n) is 5.57. The molecule has 1 N–H and O–H groups in total. The number of nitrogens with zero attached hydrogens (tertiary/aromatic N) is 3. The summed E-state index contributed by atoms with van der Waals surface area (Å²) in [6.45, 7) is 0.739. The highest BCUT2D eigenvalue weighted by Crippen LogP contribution is 2.31. The Morgan fingerprint density at radius 3 is 2.93 bits per heavy atom. The average molecular weight is 441 g/mol. The van der Waals surface area contributed by atoms with Crippen LogP contribution in [0.15, 0.2) is 53.8 Å². The molecule has 5 rings (SSSR count). The number of aromatic nitrogens is 2. The lowest BCUT2D eigenvalue weighted by atomic mass is 9.92. The number of halogens is 1. The van der Waals surface area contributed by atoms with Gasteiger partial charge in [0.2, 0.25) is 6.10 Å². The van der Waals surface area contributed by atoms with E-state index >= 15 is 0 Å². The monoisotopic (exact) mass is 440 g/mol. The fourth-order valence-electron chi connectivity index (χ4n) is 4.06. The summed E-state index contributed by atoms with van der Waals surface area (Å²) in [6, 6.07) is 14.0. The number of oxime groups is 1. The summed E-state index contributed by atoms with van der Waals surface area (Å²) >= 11 is 7.44. The van der Waals surface area contributed by atoms with Crippen molar-refractivity contribution in [1.82, 2.24) is 15.1 Å². The van der Waals surface area contributed by atoms with Gasteiger partial charge in [-0.2, -0.15) is 5.10 Å². The van der Waals surface area contributed by atoms with Crippen LogP contribution in [0.2, 0.25) is 4.34 Å². The molecule has 1 aromatic carbocycles. The molecule has 2 aliphatic rings. The van der Waals surface area contributed by atoms with Gasteiger partial charge in [0.15, 0.2) is 0 Å². The maximum Gasteiger partial charge on any atom is 0.264 e.